The fourth-order valence-corrected chi connectivity index (χ4v) is 3.88. The summed E-state index contributed by atoms with van der Waals surface area (Å²) in [5, 5.41) is 15.3. The Morgan fingerprint density at radius 1 is 1.48 bits per heavy atom. The zero-order valence-electron chi connectivity index (χ0n) is 13.5. The average Bonchev–Trinajstić information content (AvgIpc) is 2.68. The summed E-state index contributed by atoms with van der Waals surface area (Å²) < 4.78 is 8.90. The van der Waals surface area contributed by atoms with Crippen molar-refractivity contribution in [3.63, 3.8) is 0 Å². The summed E-state index contributed by atoms with van der Waals surface area (Å²) >= 11 is 3.58. The summed E-state index contributed by atoms with van der Waals surface area (Å²) in [7, 11) is 1.93. The minimum Gasteiger partial charge on any atom is -0.390 e. The Labute approximate surface area is 136 Å². The Hall–Kier alpha value is -0.390. The van der Waals surface area contributed by atoms with Crippen LogP contribution in [-0.4, -0.2) is 33.2 Å². The zero-order chi connectivity index (χ0) is 15.6. The molecular formula is C16H27BrN2O2. The van der Waals surface area contributed by atoms with E-state index in [0.29, 0.717) is 13.0 Å². The Bertz CT molecular complexity index is 479. The predicted molar refractivity (Wildman–Crippen MR) is 87.3 cm³/mol. The molecule has 0 aliphatic heterocycles. The van der Waals surface area contributed by atoms with Crippen molar-refractivity contribution in [3.8, 4) is 0 Å². The number of aliphatic hydroxyl groups excluding tert-OH is 1. The number of rotatable bonds is 5. The molecule has 1 heterocycles. The van der Waals surface area contributed by atoms with Crippen molar-refractivity contribution in [2.45, 2.75) is 64.6 Å². The van der Waals surface area contributed by atoms with Crippen LogP contribution in [0.4, 0.5) is 0 Å². The summed E-state index contributed by atoms with van der Waals surface area (Å²) in [6, 6.07) is 0. The largest absolute Gasteiger partial charge is 0.390 e. The second kappa shape index (κ2) is 6.80. The van der Waals surface area contributed by atoms with Gasteiger partial charge < -0.3 is 9.84 Å². The molecule has 4 nitrogen and oxygen atoms in total. The molecule has 1 unspecified atom stereocenters. The smallest absolute Gasteiger partial charge is 0.0944 e. The van der Waals surface area contributed by atoms with Crippen LogP contribution in [0.15, 0.2) is 4.47 Å². The molecule has 1 N–H and O–H groups in total. The van der Waals surface area contributed by atoms with Crippen molar-refractivity contribution in [2.24, 2.45) is 13.0 Å². The first-order valence-corrected chi connectivity index (χ1v) is 8.69. The Balaban J connectivity index is 2.17. The molecule has 2 rings (SSSR count). The summed E-state index contributed by atoms with van der Waals surface area (Å²) in [6.45, 7) is 6.91. The van der Waals surface area contributed by atoms with Crippen molar-refractivity contribution in [3.05, 3.63) is 15.9 Å². The van der Waals surface area contributed by atoms with Gasteiger partial charge in [-0.15, -0.1) is 0 Å². The average molecular weight is 359 g/mol. The number of aliphatic hydroxyl groups is 1. The lowest BCUT2D eigenvalue weighted by molar-refractivity contribution is -0.144. The highest BCUT2D eigenvalue weighted by atomic mass is 79.9. The van der Waals surface area contributed by atoms with E-state index in [1.165, 1.54) is 0 Å². The van der Waals surface area contributed by atoms with E-state index in [1.807, 2.05) is 25.6 Å². The van der Waals surface area contributed by atoms with Gasteiger partial charge in [0.15, 0.2) is 0 Å². The van der Waals surface area contributed by atoms with E-state index < -0.39 is 11.7 Å². The number of aryl methyl sites for hydroxylation is 2. The summed E-state index contributed by atoms with van der Waals surface area (Å²) in [5.41, 5.74) is 1.61. The molecule has 0 spiro atoms. The molecule has 0 saturated heterocycles. The molecule has 0 aromatic carbocycles. The molecular weight excluding hydrogens is 332 g/mol. The number of nitrogens with zero attached hydrogens (tertiary/aromatic N) is 2. The fraction of sp³-hybridized carbons (Fsp3) is 0.812. The van der Waals surface area contributed by atoms with Gasteiger partial charge in [0.25, 0.3) is 0 Å². The second-order valence-corrected chi connectivity index (χ2v) is 7.16. The number of ether oxygens (including phenoxy) is 1. The number of halogens is 1. The van der Waals surface area contributed by atoms with Crippen LogP contribution in [0.2, 0.25) is 0 Å². The van der Waals surface area contributed by atoms with Gasteiger partial charge in [0.2, 0.25) is 0 Å². The lowest BCUT2D eigenvalue weighted by Gasteiger charge is -2.42. The normalized spacial score (nSPS) is 27.8. The van der Waals surface area contributed by atoms with Gasteiger partial charge in [0, 0.05) is 20.1 Å². The monoisotopic (exact) mass is 358 g/mol. The van der Waals surface area contributed by atoms with Crippen molar-refractivity contribution in [1.29, 1.82) is 0 Å². The predicted octanol–water partition coefficient (Wildman–Crippen LogP) is 3.38. The van der Waals surface area contributed by atoms with Crippen LogP contribution in [0.25, 0.3) is 0 Å². The van der Waals surface area contributed by atoms with Crippen molar-refractivity contribution in [1.82, 2.24) is 9.78 Å². The molecule has 0 radical (unpaired) electrons. The van der Waals surface area contributed by atoms with Crippen LogP contribution < -0.4 is 0 Å². The second-order valence-electron chi connectivity index (χ2n) is 6.37. The van der Waals surface area contributed by atoms with Crippen LogP contribution in [0, 0.1) is 12.8 Å². The highest BCUT2D eigenvalue weighted by Crippen LogP contribution is 2.39. The molecule has 1 aliphatic carbocycles. The topological polar surface area (TPSA) is 47.3 Å². The third-order valence-electron chi connectivity index (χ3n) is 4.81. The SMILES string of the molecule is CCOC1(C(O)Cc2c(Br)c(C)nn2C)CCC(C)CC1. The first-order chi connectivity index (χ1) is 9.89. The van der Waals surface area contributed by atoms with Gasteiger partial charge in [-0.3, -0.25) is 4.68 Å². The summed E-state index contributed by atoms with van der Waals surface area (Å²) in [5.74, 6) is 0.733. The van der Waals surface area contributed by atoms with Gasteiger partial charge in [-0.2, -0.15) is 5.10 Å². The molecule has 1 aromatic rings. The van der Waals surface area contributed by atoms with Crippen molar-refractivity contribution < 1.29 is 9.84 Å². The van der Waals surface area contributed by atoms with Crippen molar-refractivity contribution in [2.75, 3.05) is 6.61 Å². The maximum Gasteiger partial charge on any atom is 0.0944 e. The lowest BCUT2D eigenvalue weighted by Crippen LogP contribution is -2.48. The zero-order valence-corrected chi connectivity index (χ0v) is 15.1. The van der Waals surface area contributed by atoms with Crippen LogP contribution in [0.5, 0.6) is 0 Å². The van der Waals surface area contributed by atoms with E-state index in [0.717, 1.165) is 47.5 Å². The molecule has 5 heteroatoms. The molecule has 0 amide bonds. The number of hydrogen-bond acceptors (Lipinski definition) is 3. The van der Waals surface area contributed by atoms with E-state index in [4.69, 9.17) is 4.74 Å². The van der Waals surface area contributed by atoms with Crippen LogP contribution in [0.1, 0.15) is 50.9 Å². The number of hydrogen-bond donors (Lipinski definition) is 1. The Kier molecular flexibility index (Phi) is 5.49. The lowest BCUT2D eigenvalue weighted by atomic mass is 9.75. The first kappa shape index (κ1) is 17.0. The minimum atomic E-state index is -0.490. The first-order valence-electron chi connectivity index (χ1n) is 7.89. The van der Waals surface area contributed by atoms with Gasteiger partial charge >= 0.3 is 0 Å². The standard InChI is InChI=1S/C16H27BrN2O2/c1-5-21-16(8-6-11(2)7-9-16)14(20)10-13-15(17)12(3)18-19(13)4/h11,14,20H,5-10H2,1-4H3. The molecule has 1 aromatic heterocycles. The quantitative estimate of drug-likeness (QED) is 0.877. The Morgan fingerprint density at radius 3 is 2.57 bits per heavy atom. The van der Waals surface area contributed by atoms with E-state index in [2.05, 4.69) is 28.0 Å². The van der Waals surface area contributed by atoms with E-state index in [1.54, 1.807) is 0 Å². The third kappa shape index (κ3) is 3.51. The van der Waals surface area contributed by atoms with Crippen LogP contribution in [-0.2, 0) is 18.2 Å². The van der Waals surface area contributed by atoms with Crippen LogP contribution in [0.3, 0.4) is 0 Å². The summed E-state index contributed by atoms with van der Waals surface area (Å²) in [4.78, 5) is 0. The summed E-state index contributed by atoms with van der Waals surface area (Å²) in [6.07, 6.45) is 4.23. The highest BCUT2D eigenvalue weighted by molar-refractivity contribution is 9.10. The molecule has 21 heavy (non-hydrogen) atoms. The molecule has 1 fully saturated rings. The van der Waals surface area contributed by atoms with Gasteiger partial charge in [-0.25, -0.2) is 0 Å². The maximum atomic E-state index is 10.9. The van der Waals surface area contributed by atoms with Gasteiger partial charge in [0.05, 0.1) is 27.6 Å². The molecule has 1 atom stereocenters. The highest BCUT2D eigenvalue weighted by Gasteiger charge is 2.41. The van der Waals surface area contributed by atoms with Gasteiger partial charge in [-0.05, 0) is 61.4 Å². The minimum absolute atomic E-state index is 0.390. The molecule has 1 aliphatic rings. The van der Waals surface area contributed by atoms with Gasteiger partial charge in [0.1, 0.15) is 0 Å². The molecule has 0 bridgehead atoms. The van der Waals surface area contributed by atoms with Gasteiger partial charge in [-0.1, -0.05) is 6.92 Å². The fourth-order valence-electron chi connectivity index (χ4n) is 3.38. The molecule has 1 saturated carbocycles. The van der Waals surface area contributed by atoms with E-state index >= 15 is 0 Å². The van der Waals surface area contributed by atoms with E-state index in [-0.39, 0.29) is 0 Å². The van der Waals surface area contributed by atoms with E-state index in [9.17, 15) is 5.11 Å². The van der Waals surface area contributed by atoms with Crippen LogP contribution >= 0.6 is 15.9 Å². The maximum absolute atomic E-state index is 10.9. The number of aromatic nitrogens is 2. The third-order valence-corrected chi connectivity index (χ3v) is 5.84. The molecule has 120 valence electrons. The Morgan fingerprint density at radius 2 is 2.10 bits per heavy atom. The van der Waals surface area contributed by atoms with Crippen molar-refractivity contribution >= 4 is 15.9 Å².